The van der Waals surface area contributed by atoms with E-state index in [4.69, 9.17) is 9.47 Å². The second-order valence-electron chi connectivity index (χ2n) is 7.60. The molecule has 160 valence electrons. The fourth-order valence-electron chi connectivity index (χ4n) is 4.01. The molecule has 3 heterocycles. The first-order valence-corrected chi connectivity index (χ1v) is 10.8. The maximum Gasteiger partial charge on any atom is 0.193 e. The normalized spacial score (nSPS) is 18.4. The lowest BCUT2D eigenvalue weighted by atomic mass is 10.1. The van der Waals surface area contributed by atoms with Gasteiger partial charge in [0.15, 0.2) is 5.96 Å². The first-order chi connectivity index (χ1) is 14.8. The molecule has 0 amide bonds. The fraction of sp³-hybridized carbons (Fsp3) is 0.478. The van der Waals surface area contributed by atoms with Crippen molar-refractivity contribution in [3.8, 4) is 5.75 Å². The van der Waals surface area contributed by atoms with Crippen LogP contribution in [0.15, 0.2) is 53.7 Å². The zero-order chi connectivity index (χ0) is 20.6. The number of rotatable bonds is 5. The molecule has 1 aromatic heterocycles. The summed E-state index contributed by atoms with van der Waals surface area (Å²) in [4.78, 5) is 13.8. The van der Waals surface area contributed by atoms with Crippen LogP contribution in [0.3, 0.4) is 0 Å². The summed E-state index contributed by atoms with van der Waals surface area (Å²) in [6.07, 6.45) is 4.09. The molecule has 0 aliphatic carbocycles. The molecule has 1 N–H and O–H groups in total. The van der Waals surface area contributed by atoms with Gasteiger partial charge in [-0.3, -0.25) is 4.99 Å². The monoisotopic (exact) mass is 409 g/mol. The standard InChI is InChI=1S/C23H31N5O2/c1-24-23(28-12-9-21(10-13-28)30-20-7-3-2-4-8-20)26-18-19-6-5-11-25-22(19)27-14-16-29-17-15-27/h2-8,11,21H,9-10,12-18H2,1H3,(H,24,26). The Balaban J connectivity index is 1.31. The minimum atomic E-state index is 0.257. The van der Waals surface area contributed by atoms with E-state index in [-0.39, 0.29) is 6.10 Å². The number of aromatic nitrogens is 1. The largest absolute Gasteiger partial charge is 0.490 e. The third kappa shape index (κ3) is 5.21. The van der Waals surface area contributed by atoms with Gasteiger partial charge in [0.2, 0.25) is 0 Å². The summed E-state index contributed by atoms with van der Waals surface area (Å²) < 4.78 is 11.6. The fourth-order valence-corrected chi connectivity index (χ4v) is 4.01. The predicted molar refractivity (Wildman–Crippen MR) is 119 cm³/mol. The van der Waals surface area contributed by atoms with Gasteiger partial charge >= 0.3 is 0 Å². The molecule has 30 heavy (non-hydrogen) atoms. The molecule has 2 fully saturated rings. The van der Waals surface area contributed by atoms with Crippen LogP contribution in [0, 0.1) is 0 Å². The highest BCUT2D eigenvalue weighted by Gasteiger charge is 2.23. The topological polar surface area (TPSA) is 62.2 Å². The maximum atomic E-state index is 6.12. The van der Waals surface area contributed by atoms with Crippen LogP contribution in [0.1, 0.15) is 18.4 Å². The van der Waals surface area contributed by atoms with E-state index in [0.717, 1.165) is 69.8 Å². The van der Waals surface area contributed by atoms with Crippen LogP contribution in [0.5, 0.6) is 5.75 Å². The number of benzene rings is 1. The number of likely N-dealkylation sites (tertiary alicyclic amines) is 1. The van der Waals surface area contributed by atoms with Crippen LogP contribution >= 0.6 is 0 Å². The van der Waals surface area contributed by atoms with Gasteiger partial charge in [0, 0.05) is 64.4 Å². The molecule has 2 aliphatic heterocycles. The molecule has 0 bridgehead atoms. The molecule has 2 saturated heterocycles. The van der Waals surface area contributed by atoms with Crippen LogP contribution in [-0.4, -0.2) is 68.4 Å². The van der Waals surface area contributed by atoms with Crippen molar-refractivity contribution in [1.29, 1.82) is 0 Å². The Morgan fingerprint density at radius 1 is 1.10 bits per heavy atom. The quantitative estimate of drug-likeness (QED) is 0.605. The van der Waals surface area contributed by atoms with E-state index < -0.39 is 0 Å². The second kappa shape index (κ2) is 10.3. The molecule has 1 aromatic carbocycles. The highest BCUT2D eigenvalue weighted by Crippen LogP contribution is 2.20. The number of nitrogens with one attached hydrogen (secondary N) is 1. The lowest BCUT2D eigenvalue weighted by molar-refractivity contribution is 0.122. The minimum absolute atomic E-state index is 0.257. The molecule has 2 aromatic rings. The number of para-hydroxylation sites is 1. The summed E-state index contributed by atoms with van der Waals surface area (Å²) in [5, 5.41) is 3.54. The SMILES string of the molecule is CN=C(NCc1cccnc1N1CCOCC1)N1CCC(Oc2ccccc2)CC1. The predicted octanol–water partition coefficient (Wildman–Crippen LogP) is 2.54. The van der Waals surface area contributed by atoms with Crippen molar-refractivity contribution < 1.29 is 9.47 Å². The lowest BCUT2D eigenvalue weighted by Crippen LogP contribution is -2.47. The summed E-state index contributed by atoms with van der Waals surface area (Å²) in [7, 11) is 1.85. The van der Waals surface area contributed by atoms with Gasteiger partial charge in [-0.2, -0.15) is 0 Å². The van der Waals surface area contributed by atoms with Gasteiger partial charge in [-0.15, -0.1) is 0 Å². The minimum Gasteiger partial charge on any atom is -0.490 e. The smallest absolute Gasteiger partial charge is 0.193 e. The number of hydrogen-bond donors (Lipinski definition) is 1. The lowest BCUT2D eigenvalue weighted by Gasteiger charge is -2.34. The van der Waals surface area contributed by atoms with Gasteiger partial charge in [-0.1, -0.05) is 24.3 Å². The van der Waals surface area contributed by atoms with Gasteiger partial charge < -0.3 is 24.6 Å². The van der Waals surface area contributed by atoms with Gasteiger partial charge in [-0.05, 0) is 18.2 Å². The van der Waals surface area contributed by atoms with Gasteiger partial charge in [0.25, 0.3) is 0 Å². The Morgan fingerprint density at radius 3 is 2.60 bits per heavy atom. The molecule has 7 heteroatoms. The van der Waals surface area contributed by atoms with Crippen LogP contribution < -0.4 is 15.0 Å². The zero-order valence-corrected chi connectivity index (χ0v) is 17.7. The van der Waals surface area contributed by atoms with Crippen LogP contribution in [0.2, 0.25) is 0 Å². The molecule has 0 saturated carbocycles. The second-order valence-corrected chi connectivity index (χ2v) is 7.60. The van der Waals surface area contributed by atoms with E-state index in [1.54, 1.807) is 0 Å². The van der Waals surface area contributed by atoms with Gasteiger partial charge in [0.1, 0.15) is 17.7 Å². The van der Waals surface area contributed by atoms with Crippen molar-refractivity contribution in [3.05, 3.63) is 54.2 Å². The van der Waals surface area contributed by atoms with Gasteiger partial charge in [0.05, 0.1) is 13.2 Å². The molecule has 2 aliphatic rings. The summed E-state index contributed by atoms with van der Waals surface area (Å²) in [5.74, 6) is 2.93. The number of nitrogens with zero attached hydrogens (tertiary/aromatic N) is 4. The molecular weight excluding hydrogens is 378 g/mol. The number of pyridine rings is 1. The van der Waals surface area contributed by atoms with Crippen LogP contribution in [-0.2, 0) is 11.3 Å². The van der Waals surface area contributed by atoms with E-state index in [1.165, 1.54) is 5.56 Å². The van der Waals surface area contributed by atoms with Crippen molar-refractivity contribution in [2.75, 3.05) is 51.3 Å². The highest BCUT2D eigenvalue weighted by atomic mass is 16.5. The van der Waals surface area contributed by atoms with Crippen molar-refractivity contribution in [2.45, 2.75) is 25.5 Å². The number of hydrogen-bond acceptors (Lipinski definition) is 5. The third-order valence-corrected chi connectivity index (χ3v) is 5.61. The number of morpholine rings is 1. The van der Waals surface area contributed by atoms with E-state index in [0.29, 0.717) is 6.54 Å². The Hall–Kier alpha value is -2.80. The van der Waals surface area contributed by atoms with E-state index >= 15 is 0 Å². The Morgan fingerprint density at radius 2 is 1.87 bits per heavy atom. The first-order valence-electron chi connectivity index (χ1n) is 10.8. The number of piperidine rings is 1. The molecule has 0 atom stereocenters. The van der Waals surface area contributed by atoms with Crippen molar-refractivity contribution in [3.63, 3.8) is 0 Å². The number of anilines is 1. The number of aliphatic imine (C=N–C) groups is 1. The van der Waals surface area contributed by atoms with E-state index in [2.05, 4.69) is 31.2 Å². The highest BCUT2D eigenvalue weighted by molar-refractivity contribution is 5.80. The summed E-state index contributed by atoms with van der Waals surface area (Å²) in [5.41, 5.74) is 1.18. The van der Waals surface area contributed by atoms with Crippen molar-refractivity contribution >= 4 is 11.8 Å². The molecule has 0 unspecified atom stereocenters. The Labute approximate surface area is 178 Å². The number of ether oxygens (including phenoxy) is 2. The molecule has 4 rings (SSSR count). The van der Waals surface area contributed by atoms with E-state index in [1.807, 2.05) is 49.6 Å². The molecule has 0 spiro atoms. The maximum absolute atomic E-state index is 6.12. The van der Waals surface area contributed by atoms with E-state index in [9.17, 15) is 0 Å². The van der Waals surface area contributed by atoms with Gasteiger partial charge in [-0.25, -0.2) is 4.98 Å². The molecule has 0 radical (unpaired) electrons. The third-order valence-electron chi connectivity index (χ3n) is 5.61. The summed E-state index contributed by atoms with van der Waals surface area (Å²) in [6, 6.07) is 14.2. The van der Waals surface area contributed by atoms with Crippen molar-refractivity contribution in [1.82, 2.24) is 15.2 Å². The van der Waals surface area contributed by atoms with Crippen LogP contribution in [0.4, 0.5) is 5.82 Å². The molecular formula is C23H31N5O2. The number of guanidine groups is 1. The summed E-state index contributed by atoms with van der Waals surface area (Å²) >= 11 is 0. The first kappa shape index (κ1) is 20.5. The van der Waals surface area contributed by atoms with Crippen molar-refractivity contribution in [2.24, 2.45) is 4.99 Å². The summed E-state index contributed by atoms with van der Waals surface area (Å²) in [6.45, 7) is 5.84. The Kier molecular flexibility index (Phi) is 7.03. The average Bonchev–Trinajstić information content (AvgIpc) is 2.82. The Bertz CT molecular complexity index is 815. The zero-order valence-electron chi connectivity index (χ0n) is 17.7. The molecule has 7 nitrogen and oxygen atoms in total. The average molecular weight is 410 g/mol. The van der Waals surface area contributed by atoms with Crippen LogP contribution in [0.25, 0.3) is 0 Å².